The third kappa shape index (κ3) is 8.67. The molecule has 5 aromatic carbocycles. The molecule has 1 heterocycles. The molecule has 1 fully saturated rings. The van der Waals surface area contributed by atoms with Gasteiger partial charge in [0.15, 0.2) is 5.25 Å². The molecule has 2 unspecified atom stereocenters. The fourth-order valence-corrected chi connectivity index (χ4v) is 7.44. The fraction of sp³-hybridized carbons (Fsp3) is 0.225. The van der Waals surface area contributed by atoms with E-state index in [9.17, 15) is 23.3 Å². The van der Waals surface area contributed by atoms with E-state index in [1.807, 2.05) is 60.7 Å². The number of nitrogens with one attached hydrogen (secondary N) is 2. The number of benzene rings is 5. The number of sulfonamides is 1. The smallest absolute Gasteiger partial charge is 0.245 e. The van der Waals surface area contributed by atoms with Gasteiger partial charge in [-0.3, -0.25) is 14.3 Å². The Labute approximate surface area is 292 Å². The highest BCUT2D eigenvalue weighted by Crippen LogP contribution is 2.23. The van der Waals surface area contributed by atoms with E-state index in [2.05, 4.69) is 16.1 Å². The van der Waals surface area contributed by atoms with Crippen LogP contribution in [0.5, 0.6) is 5.75 Å². The highest BCUT2D eigenvalue weighted by Gasteiger charge is 2.37. The maximum absolute atomic E-state index is 14.2. The maximum Gasteiger partial charge on any atom is 0.245 e. The highest BCUT2D eigenvalue weighted by atomic mass is 32.2. The summed E-state index contributed by atoms with van der Waals surface area (Å²) in [5.41, 5.74) is 3.16. The van der Waals surface area contributed by atoms with Crippen molar-refractivity contribution >= 4 is 38.3 Å². The first-order valence-corrected chi connectivity index (χ1v) is 18.2. The van der Waals surface area contributed by atoms with Crippen LogP contribution in [0.1, 0.15) is 35.1 Å². The molecule has 2 amide bonds. The van der Waals surface area contributed by atoms with E-state index in [1.165, 1.54) is 0 Å². The van der Waals surface area contributed by atoms with Crippen LogP contribution in [0.25, 0.3) is 10.8 Å². The van der Waals surface area contributed by atoms with Gasteiger partial charge < -0.3 is 15.0 Å². The van der Waals surface area contributed by atoms with Crippen LogP contribution in [0.4, 0.5) is 5.69 Å². The largest absolute Gasteiger partial charge is 0.489 e. The van der Waals surface area contributed by atoms with E-state index in [0.717, 1.165) is 34.7 Å². The van der Waals surface area contributed by atoms with Crippen molar-refractivity contribution in [2.45, 2.75) is 43.6 Å². The Kier molecular flexibility index (Phi) is 10.7. The molecular formula is C40H38N4O5S. The van der Waals surface area contributed by atoms with Gasteiger partial charge in [-0.05, 0) is 83.1 Å². The molecule has 254 valence electrons. The number of anilines is 1. The van der Waals surface area contributed by atoms with Gasteiger partial charge in [0.25, 0.3) is 0 Å². The van der Waals surface area contributed by atoms with Crippen LogP contribution in [-0.4, -0.2) is 49.5 Å². The minimum absolute atomic E-state index is 0.144. The zero-order chi connectivity index (χ0) is 34.9. The summed E-state index contributed by atoms with van der Waals surface area (Å²) in [6.07, 6.45) is 1.72. The van der Waals surface area contributed by atoms with Crippen LogP contribution in [0.2, 0.25) is 0 Å². The summed E-state index contributed by atoms with van der Waals surface area (Å²) in [5.74, 6) is -0.443. The van der Waals surface area contributed by atoms with Gasteiger partial charge in [-0.1, -0.05) is 84.9 Å². The molecule has 2 atom stereocenters. The molecule has 0 radical (unpaired) electrons. The van der Waals surface area contributed by atoms with Crippen molar-refractivity contribution in [1.29, 1.82) is 5.26 Å². The first kappa shape index (κ1) is 34.2. The lowest BCUT2D eigenvalue weighted by molar-refractivity contribution is -0.135. The van der Waals surface area contributed by atoms with Crippen molar-refractivity contribution in [1.82, 2.24) is 10.2 Å². The van der Waals surface area contributed by atoms with Crippen molar-refractivity contribution in [2.75, 3.05) is 17.8 Å². The summed E-state index contributed by atoms with van der Waals surface area (Å²) < 4.78 is 36.8. The zero-order valence-corrected chi connectivity index (χ0v) is 28.3. The molecule has 50 heavy (non-hydrogen) atoms. The highest BCUT2D eigenvalue weighted by molar-refractivity contribution is 7.94. The van der Waals surface area contributed by atoms with Gasteiger partial charge in [0, 0.05) is 25.2 Å². The number of hydrogen-bond acceptors (Lipinski definition) is 6. The van der Waals surface area contributed by atoms with Gasteiger partial charge in [-0.15, -0.1) is 0 Å². The normalized spacial score (nSPS) is 14.0. The quantitative estimate of drug-likeness (QED) is 0.157. The minimum Gasteiger partial charge on any atom is -0.489 e. The average Bonchev–Trinajstić information content (AvgIpc) is 3.69. The number of likely N-dealkylation sites (tertiary alicyclic amines) is 1. The van der Waals surface area contributed by atoms with E-state index in [0.29, 0.717) is 42.3 Å². The van der Waals surface area contributed by atoms with Gasteiger partial charge in [0.05, 0.1) is 11.6 Å². The lowest BCUT2D eigenvalue weighted by Crippen LogP contribution is -2.53. The Morgan fingerprint density at radius 2 is 1.40 bits per heavy atom. The van der Waals surface area contributed by atoms with Crippen molar-refractivity contribution < 1.29 is 22.7 Å². The summed E-state index contributed by atoms with van der Waals surface area (Å²) in [6.45, 7) is 1.52. The number of amides is 2. The van der Waals surface area contributed by atoms with Crippen LogP contribution < -0.4 is 14.8 Å². The number of hydrogen-bond donors (Lipinski definition) is 2. The van der Waals surface area contributed by atoms with Gasteiger partial charge in [-0.25, -0.2) is 8.42 Å². The second-order valence-electron chi connectivity index (χ2n) is 12.4. The van der Waals surface area contributed by atoms with Crippen molar-refractivity contribution in [2.24, 2.45) is 0 Å². The van der Waals surface area contributed by atoms with Gasteiger partial charge in [0.1, 0.15) is 18.4 Å². The van der Waals surface area contributed by atoms with Crippen LogP contribution in [0.15, 0.2) is 121 Å². The van der Waals surface area contributed by atoms with E-state index in [-0.39, 0.29) is 18.7 Å². The monoisotopic (exact) mass is 686 g/mol. The molecule has 0 aliphatic carbocycles. The third-order valence-electron chi connectivity index (χ3n) is 8.82. The van der Waals surface area contributed by atoms with Gasteiger partial charge in [-0.2, -0.15) is 5.26 Å². The molecule has 6 rings (SSSR count). The van der Waals surface area contributed by atoms with E-state index < -0.39 is 27.2 Å². The SMILES string of the molecule is N#Cc1ccc(CC(NC(=O)C(Cc2ccc(OCc3ccccc3)cc2)S(=O)(=O)Nc2ccc3ccccc3c2)C(=O)N2CCCC2)cc1. The number of nitriles is 1. The van der Waals surface area contributed by atoms with Crippen LogP contribution >= 0.6 is 0 Å². The number of rotatable bonds is 13. The predicted molar refractivity (Wildman–Crippen MR) is 194 cm³/mol. The Bertz CT molecular complexity index is 2090. The summed E-state index contributed by atoms with van der Waals surface area (Å²) in [6, 6.07) is 37.4. The molecule has 2 N–H and O–H groups in total. The third-order valence-corrected chi connectivity index (χ3v) is 10.5. The molecule has 9 nitrogen and oxygen atoms in total. The average molecular weight is 687 g/mol. The van der Waals surface area contributed by atoms with Crippen molar-refractivity contribution in [3.8, 4) is 11.8 Å². The van der Waals surface area contributed by atoms with E-state index >= 15 is 0 Å². The van der Waals surface area contributed by atoms with Crippen LogP contribution in [0.3, 0.4) is 0 Å². The molecule has 10 heteroatoms. The Hall–Kier alpha value is -5.66. The molecular weight excluding hydrogens is 649 g/mol. The lowest BCUT2D eigenvalue weighted by atomic mass is 10.0. The zero-order valence-electron chi connectivity index (χ0n) is 27.5. The van der Waals surface area contributed by atoms with Crippen LogP contribution in [-0.2, 0) is 39.1 Å². The molecule has 1 aliphatic rings. The first-order valence-electron chi connectivity index (χ1n) is 16.6. The fourth-order valence-electron chi connectivity index (χ4n) is 6.08. The van der Waals surface area contributed by atoms with Crippen molar-refractivity contribution in [3.63, 3.8) is 0 Å². The summed E-state index contributed by atoms with van der Waals surface area (Å²) in [5, 5.41) is 12.3. The van der Waals surface area contributed by atoms with E-state index in [1.54, 1.807) is 65.6 Å². The second kappa shape index (κ2) is 15.7. The number of ether oxygens (including phenoxy) is 1. The van der Waals surface area contributed by atoms with Crippen LogP contribution in [0, 0.1) is 11.3 Å². The summed E-state index contributed by atoms with van der Waals surface area (Å²) >= 11 is 0. The first-order chi connectivity index (χ1) is 24.3. The van der Waals surface area contributed by atoms with E-state index in [4.69, 9.17) is 4.74 Å². The molecule has 5 aromatic rings. The Morgan fingerprint density at radius 3 is 2.10 bits per heavy atom. The second-order valence-corrected chi connectivity index (χ2v) is 14.3. The molecule has 1 saturated heterocycles. The molecule has 0 aromatic heterocycles. The molecule has 0 bridgehead atoms. The number of carbonyl (C=O) groups excluding carboxylic acids is 2. The molecule has 1 aliphatic heterocycles. The van der Waals surface area contributed by atoms with Gasteiger partial charge >= 0.3 is 0 Å². The van der Waals surface area contributed by atoms with Gasteiger partial charge in [0.2, 0.25) is 21.8 Å². The molecule has 0 spiro atoms. The Balaban J connectivity index is 1.26. The number of nitrogens with zero attached hydrogens (tertiary/aromatic N) is 2. The minimum atomic E-state index is -4.32. The number of fused-ring (bicyclic) bond motifs is 1. The van der Waals surface area contributed by atoms with Crippen molar-refractivity contribution in [3.05, 3.63) is 144 Å². The lowest BCUT2D eigenvalue weighted by Gasteiger charge is -2.26. The Morgan fingerprint density at radius 1 is 0.760 bits per heavy atom. The number of carbonyl (C=O) groups is 2. The summed E-state index contributed by atoms with van der Waals surface area (Å²) in [7, 11) is -4.32. The summed E-state index contributed by atoms with van der Waals surface area (Å²) in [4.78, 5) is 29.6. The predicted octanol–water partition coefficient (Wildman–Crippen LogP) is 5.99. The topological polar surface area (TPSA) is 129 Å². The molecule has 0 saturated carbocycles. The maximum atomic E-state index is 14.2. The standard InChI is InChI=1S/C40H38N4O5S/c41-27-31-14-12-29(13-15-31)24-37(40(46)44-22-6-7-23-44)42-39(45)38(50(47,48)43-35-19-18-33-10-4-5-11-34(33)26-35)25-30-16-20-36(21-17-30)49-28-32-8-2-1-3-9-32/h1-5,8-21,26,37-38,43H,6-7,22-25,28H2,(H,42,45).